The summed E-state index contributed by atoms with van der Waals surface area (Å²) in [6, 6.07) is 14.2. The Balaban J connectivity index is 2.09. The minimum absolute atomic E-state index is 0.253. The molecule has 0 saturated heterocycles. The fraction of sp³-hybridized carbons (Fsp3) is 0.0667. The van der Waals surface area contributed by atoms with E-state index < -0.39 is 0 Å². The van der Waals surface area contributed by atoms with Crippen LogP contribution in [0.2, 0.25) is 0 Å². The highest BCUT2D eigenvalue weighted by Gasteiger charge is 2.03. The Bertz CT molecular complexity index is 697. The molecule has 6 nitrogen and oxygen atoms in total. The van der Waals surface area contributed by atoms with Crippen molar-refractivity contribution in [1.29, 1.82) is 10.5 Å². The van der Waals surface area contributed by atoms with Gasteiger partial charge in [0.25, 0.3) is 0 Å². The van der Waals surface area contributed by atoms with Crippen LogP contribution >= 0.6 is 0 Å². The number of hydrazone groups is 1. The van der Waals surface area contributed by atoms with Gasteiger partial charge in [0.2, 0.25) is 5.71 Å². The number of aromatic nitrogens is 1. The zero-order valence-electron chi connectivity index (χ0n) is 11.0. The Labute approximate surface area is 121 Å². The maximum absolute atomic E-state index is 8.64. The standard InChI is InChI=1S/C15H11N5O/c16-8-13(9-17)19-20-14-5-1-2-6-15(14)21-11-12-4-3-7-18-10-12/h1-7,10,20H,11H2. The number of ether oxygens (including phenoxy) is 1. The van der Waals surface area contributed by atoms with Crippen molar-refractivity contribution in [3.8, 4) is 17.9 Å². The molecule has 1 aromatic carbocycles. The SMILES string of the molecule is N#CC(C#N)=NNc1ccccc1OCc1cccnc1. The summed E-state index contributed by atoms with van der Waals surface area (Å²) in [5.74, 6) is 0.570. The van der Waals surface area contributed by atoms with Gasteiger partial charge in [-0.15, -0.1) is 0 Å². The molecule has 0 radical (unpaired) electrons. The fourth-order valence-corrected chi connectivity index (χ4v) is 1.52. The average molecular weight is 277 g/mol. The maximum atomic E-state index is 8.64. The van der Waals surface area contributed by atoms with Crippen molar-refractivity contribution in [2.75, 3.05) is 5.43 Å². The van der Waals surface area contributed by atoms with Crippen molar-refractivity contribution in [2.24, 2.45) is 5.10 Å². The van der Waals surface area contributed by atoms with E-state index in [1.807, 2.05) is 18.2 Å². The lowest BCUT2D eigenvalue weighted by Crippen LogP contribution is -2.01. The molecule has 0 aliphatic rings. The van der Waals surface area contributed by atoms with Crippen LogP contribution in [0.15, 0.2) is 53.9 Å². The lowest BCUT2D eigenvalue weighted by molar-refractivity contribution is 0.307. The summed E-state index contributed by atoms with van der Waals surface area (Å²) in [5.41, 5.74) is 3.91. The topological polar surface area (TPSA) is 94.1 Å². The third-order valence-electron chi connectivity index (χ3n) is 2.50. The van der Waals surface area contributed by atoms with Gasteiger partial charge in [-0.2, -0.15) is 15.6 Å². The van der Waals surface area contributed by atoms with Crippen LogP contribution in [-0.4, -0.2) is 10.7 Å². The second kappa shape index (κ2) is 7.27. The first-order valence-electron chi connectivity index (χ1n) is 6.08. The number of rotatable bonds is 5. The van der Waals surface area contributed by atoms with Gasteiger partial charge in [0.1, 0.15) is 24.5 Å². The van der Waals surface area contributed by atoms with Gasteiger partial charge in [-0.25, -0.2) is 0 Å². The third kappa shape index (κ3) is 4.05. The molecule has 102 valence electrons. The normalized spacial score (nSPS) is 9.05. The van der Waals surface area contributed by atoms with Gasteiger partial charge in [-0.05, 0) is 18.2 Å². The van der Waals surface area contributed by atoms with Gasteiger partial charge in [0, 0.05) is 18.0 Å². The van der Waals surface area contributed by atoms with Crippen molar-refractivity contribution < 1.29 is 4.74 Å². The van der Waals surface area contributed by atoms with Gasteiger partial charge >= 0.3 is 0 Å². The molecule has 6 heteroatoms. The maximum Gasteiger partial charge on any atom is 0.237 e. The molecule has 0 spiro atoms. The third-order valence-corrected chi connectivity index (χ3v) is 2.50. The van der Waals surface area contributed by atoms with Crippen molar-refractivity contribution >= 4 is 11.4 Å². The summed E-state index contributed by atoms with van der Waals surface area (Å²) in [6.07, 6.45) is 3.41. The molecule has 1 heterocycles. The van der Waals surface area contributed by atoms with E-state index >= 15 is 0 Å². The first-order chi connectivity index (χ1) is 10.3. The summed E-state index contributed by atoms with van der Waals surface area (Å²) < 4.78 is 5.69. The van der Waals surface area contributed by atoms with Crippen LogP contribution in [0, 0.1) is 22.7 Å². The summed E-state index contributed by atoms with van der Waals surface area (Å²) in [6.45, 7) is 0.361. The van der Waals surface area contributed by atoms with Gasteiger partial charge in [0.15, 0.2) is 0 Å². The highest BCUT2D eigenvalue weighted by Crippen LogP contribution is 2.24. The van der Waals surface area contributed by atoms with E-state index in [1.165, 1.54) is 0 Å². The van der Waals surface area contributed by atoms with Crippen LogP contribution in [-0.2, 0) is 6.61 Å². The molecule has 2 aromatic rings. The van der Waals surface area contributed by atoms with Gasteiger partial charge in [0.05, 0.1) is 5.69 Å². The Morgan fingerprint density at radius 2 is 2.00 bits per heavy atom. The fourth-order valence-electron chi connectivity index (χ4n) is 1.52. The molecule has 21 heavy (non-hydrogen) atoms. The second-order valence-corrected chi connectivity index (χ2v) is 3.94. The Kier molecular flexibility index (Phi) is 4.86. The van der Waals surface area contributed by atoms with Crippen LogP contribution in [0.3, 0.4) is 0 Å². The smallest absolute Gasteiger partial charge is 0.237 e. The monoisotopic (exact) mass is 277 g/mol. The summed E-state index contributed by atoms with van der Waals surface area (Å²) in [7, 11) is 0. The van der Waals surface area contributed by atoms with Crippen molar-refractivity contribution in [3.05, 3.63) is 54.4 Å². The first kappa shape index (κ1) is 14.0. The number of hydrogen-bond acceptors (Lipinski definition) is 6. The Hall–Kier alpha value is -3.38. The van der Waals surface area contributed by atoms with E-state index in [-0.39, 0.29) is 5.71 Å². The van der Waals surface area contributed by atoms with Crippen LogP contribution in [0.25, 0.3) is 0 Å². The Morgan fingerprint density at radius 1 is 1.19 bits per heavy atom. The van der Waals surface area contributed by atoms with E-state index in [0.717, 1.165) is 5.56 Å². The highest BCUT2D eigenvalue weighted by molar-refractivity contribution is 6.10. The van der Waals surface area contributed by atoms with Crippen molar-refractivity contribution in [1.82, 2.24) is 4.98 Å². The van der Waals surface area contributed by atoms with E-state index in [9.17, 15) is 0 Å². The molecule has 1 aromatic heterocycles. The number of nitriles is 2. The quantitative estimate of drug-likeness (QED) is 0.669. The molecular formula is C15H11N5O. The van der Waals surface area contributed by atoms with Gasteiger partial charge < -0.3 is 4.74 Å². The lowest BCUT2D eigenvalue weighted by atomic mass is 10.3. The number of hydrogen-bond donors (Lipinski definition) is 1. The van der Waals surface area contributed by atoms with E-state index in [0.29, 0.717) is 18.0 Å². The summed E-state index contributed by atoms with van der Waals surface area (Å²) in [5, 5.41) is 21.0. The molecule has 0 atom stereocenters. The molecule has 2 rings (SSSR count). The summed E-state index contributed by atoms with van der Waals surface area (Å²) in [4.78, 5) is 4.01. The van der Waals surface area contributed by atoms with Crippen LogP contribution in [0.5, 0.6) is 5.75 Å². The van der Waals surface area contributed by atoms with E-state index in [4.69, 9.17) is 15.3 Å². The molecule has 0 aliphatic heterocycles. The van der Waals surface area contributed by atoms with Crippen LogP contribution in [0.1, 0.15) is 5.56 Å². The van der Waals surface area contributed by atoms with Crippen LogP contribution < -0.4 is 10.2 Å². The number of nitrogens with one attached hydrogen (secondary N) is 1. The predicted molar refractivity (Wildman–Crippen MR) is 77.3 cm³/mol. The van der Waals surface area contributed by atoms with Gasteiger partial charge in [-0.3, -0.25) is 10.4 Å². The molecule has 0 unspecified atom stereocenters. The molecule has 0 amide bonds. The largest absolute Gasteiger partial charge is 0.487 e. The zero-order valence-corrected chi connectivity index (χ0v) is 11.0. The number of anilines is 1. The average Bonchev–Trinajstić information content (AvgIpc) is 2.56. The van der Waals surface area contributed by atoms with Crippen molar-refractivity contribution in [2.45, 2.75) is 6.61 Å². The number of para-hydroxylation sites is 2. The zero-order chi connectivity index (χ0) is 14.9. The minimum atomic E-state index is -0.253. The van der Waals surface area contributed by atoms with Gasteiger partial charge in [-0.1, -0.05) is 18.2 Å². The second-order valence-electron chi connectivity index (χ2n) is 3.94. The Morgan fingerprint density at radius 3 is 2.71 bits per heavy atom. The first-order valence-corrected chi connectivity index (χ1v) is 6.08. The minimum Gasteiger partial charge on any atom is -0.487 e. The molecule has 0 saturated carbocycles. The molecule has 1 N–H and O–H groups in total. The predicted octanol–water partition coefficient (Wildman–Crippen LogP) is 2.48. The molecule has 0 bridgehead atoms. The molecular weight excluding hydrogens is 266 g/mol. The number of nitrogens with zero attached hydrogens (tertiary/aromatic N) is 4. The molecule has 0 fully saturated rings. The number of pyridine rings is 1. The van der Waals surface area contributed by atoms with Crippen molar-refractivity contribution in [3.63, 3.8) is 0 Å². The molecule has 0 aliphatic carbocycles. The van der Waals surface area contributed by atoms with Crippen LogP contribution in [0.4, 0.5) is 5.69 Å². The lowest BCUT2D eigenvalue weighted by Gasteiger charge is -2.10. The highest BCUT2D eigenvalue weighted by atomic mass is 16.5. The summed E-state index contributed by atoms with van der Waals surface area (Å²) >= 11 is 0. The van der Waals surface area contributed by atoms with E-state index in [2.05, 4.69) is 15.5 Å². The van der Waals surface area contributed by atoms with E-state index in [1.54, 1.807) is 42.7 Å². The number of benzene rings is 1.